The van der Waals surface area contributed by atoms with Crippen molar-refractivity contribution in [3.63, 3.8) is 0 Å². The summed E-state index contributed by atoms with van der Waals surface area (Å²) in [7, 11) is 1.39. The predicted molar refractivity (Wildman–Crippen MR) is 106 cm³/mol. The van der Waals surface area contributed by atoms with E-state index < -0.39 is 0 Å². The summed E-state index contributed by atoms with van der Waals surface area (Å²) in [6, 6.07) is 5.89. The number of fused-ring (bicyclic) bond motifs is 1. The Morgan fingerprint density at radius 1 is 1.41 bits per heavy atom. The van der Waals surface area contributed by atoms with E-state index >= 15 is 0 Å². The summed E-state index contributed by atoms with van der Waals surface area (Å²) >= 11 is 2.29. The number of rotatable bonds is 4. The van der Waals surface area contributed by atoms with Crippen LogP contribution in [0.1, 0.15) is 39.0 Å². The Kier molecular flexibility index (Phi) is 11.1. The van der Waals surface area contributed by atoms with Gasteiger partial charge in [-0.2, -0.15) is 5.10 Å². The molecule has 0 aliphatic heterocycles. The molecule has 2 aromatic rings. The van der Waals surface area contributed by atoms with Gasteiger partial charge in [0.2, 0.25) is 0 Å². The van der Waals surface area contributed by atoms with E-state index in [1.807, 2.05) is 50.3 Å². The van der Waals surface area contributed by atoms with Gasteiger partial charge in [-0.15, -0.1) is 0 Å². The molecule has 1 heterocycles. The predicted octanol–water partition coefficient (Wildman–Crippen LogP) is 5.24. The molecule has 122 valence electrons. The number of carbonyl (C=O) groups is 1. The van der Waals surface area contributed by atoms with E-state index in [-0.39, 0.29) is 12.4 Å². The highest BCUT2D eigenvalue weighted by molar-refractivity contribution is 14.2. The maximum atomic E-state index is 11.3. The van der Waals surface area contributed by atoms with E-state index in [1.165, 1.54) is 7.11 Å². The standard InChI is InChI=1S/C12H12IN2O2P.2C2H6/c1-3-10-9-6-8(7-12(16)17-2)4-5-11(9)15(14-10)18-13;2*1-2/h3-6,18H,1,7H2,2H3;2*1-2H3. The maximum absolute atomic E-state index is 11.3. The Morgan fingerprint density at radius 3 is 2.55 bits per heavy atom. The number of nitrogens with zero attached hydrogens (tertiary/aromatic N) is 2. The van der Waals surface area contributed by atoms with Crippen LogP contribution >= 0.6 is 28.4 Å². The minimum absolute atomic E-state index is 0.238. The van der Waals surface area contributed by atoms with Crippen molar-refractivity contribution in [3.8, 4) is 0 Å². The third-order valence-electron chi connectivity index (χ3n) is 2.62. The van der Waals surface area contributed by atoms with E-state index in [1.54, 1.807) is 6.08 Å². The van der Waals surface area contributed by atoms with Crippen LogP contribution < -0.4 is 0 Å². The molecule has 6 heteroatoms. The van der Waals surface area contributed by atoms with Gasteiger partial charge in [-0.25, -0.2) is 4.45 Å². The largest absolute Gasteiger partial charge is 0.469 e. The molecule has 0 saturated heterocycles. The number of aromatic nitrogens is 2. The molecular formula is C16H24IN2O2P. The number of hydrogen-bond acceptors (Lipinski definition) is 3. The number of methoxy groups -OCH3 is 1. The fourth-order valence-corrected chi connectivity index (χ4v) is 3.29. The van der Waals surface area contributed by atoms with Crippen molar-refractivity contribution in [2.24, 2.45) is 0 Å². The molecule has 1 atom stereocenters. The van der Waals surface area contributed by atoms with Crippen LogP contribution in [0.5, 0.6) is 0 Å². The Hall–Kier alpha value is -0.940. The highest BCUT2D eigenvalue weighted by Crippen LogP contribution is 2.31. The number of carbonyl (C=O) groups excluding carboxylic acids is 1. The highest BCUT2D eigenvalue weighted by Gasteiger charge is 2.10. The molecule has 0 saturated carbocycles. The van der Waals surface area contributed by atoms with Crippen molar-refractivity contribution in [2.75, 3.05) is 7.11 Å². The number of benzene rings is 1. The van der Waals surface area contributed by atoms with Gasteiger partial charge in [0, 0.05) is 5.39 Å². The average molecular weight is 434 g/mol. The van der Waals surface area contributed by atoms with E-state index in [9.17, 15) is 4.79 Å². The smallest absolute Gasteiger partial charge is 0.309 e. The summed E-state index contributed by atoms with van der Waals surface area (Å²) in [6.07, 6.45) is 2.55. The molecular weight excluding hydrogens is 410 g/mol. The van der Waals surface area contributed by atoms with Crippen LogP contribution in [0.3, 0.4) is 0 Å². The zero-order chi connectivity index (χ0) is 17.1. The van der Waals surface area contributed by atoms with Crippen molar-refractivity contribution in [3.05, 3.63) is 36.0 Å². The molecule has 0 bridgehead atoms. The van der Waals surface area contributed by atoms with Crippen LogP contribution in [0.25, 0.3) is 17.0 Å². The lowest BCUT2D eigenvalue weighted by Crippen LogP contribution is -2.04. The highest BCUT2D eigenvalue weighted by atomic mass is 127. The Labute approximate surface area is 147 Å². The SMILES string of the molecule is C=Cc1nn(PI)c2ccc(CC(=O)OC)cc12.CC.CC. The lowest BCUT2D eigenvalue weighted by molar-refractivity contribution is -0.139. The van der Waals surface area contributed by atoms with Crippen LogP contribution in [0.4, 0.5) is 0 Å². The Morgan fingerprint density at radius 2 is 2.05 bits per heavy atom. The Balaban J connectivity index is 0.00000102. The van der Waals surface area contributed by atoms with Gasteiger partial charge < -0.3 is 4.74 Å². The van der Waals surface area contributed by atoms with Crippen LogP contribution in [0, 0.1) is 0 Å². The first kappa shape index (κ1) is 21.1. The van der Waals surface area contributed by atoms with Crippen LogP contribution in [-0.4, -0.2) is 22.6 Å². The minimum atomic E-state index is -0.238. The zero-order valence-electron chi connectivity index (χ0n) is 13.8. The molecule has 0 aliphatic rings. The summed E-state index contributed by atoms with van der Waals surface area (Å²) < 4.78 is 6.61. The normalized spacial score (nSPS) is 9.73. The van der Waals surface area contributed by atoms with Crippen molar-refractivity contribution in [2.45, 2.75) is 34.1 Å². The lowest BCUT2D eigenvalue weighted by atomic mass is 10.1. The molecule has 0 spiro atoms. The third-order valence-corrected chi connectivity index (χ3v) is 4.49. The summed E-state index contributed by atoms with van der Waals surface area (Å²) in [5.74, 6) is -0.238. The van der Waals surface area contributed by atoms with Crippen LogP contribution in [-0.2, 0) is 16.0 Å². The number of halogens is 1. The number of hydrogen-bond donors (Lipinski definition) is 0. The summed E-state index contributed by atoms with van der Waals surface area (Å²) in [5.41, 5.74) is 2.83. The molecule has 0 aliphatic carbocycles. The summed E-state index contributed by atoms with van der Waals surface area (Å²) in [6.45, 7) is 11.8. The monoisotopic (exact) mass is 434 g/mol. The van der Waals surface area contributed by atoms with Gasteiger partial charge in [0.15, 0.2) is 0 Å². The van der Waals surface area contributed by atoms with Gasteiger partial charge >= 0.3 is 5.97 Å². The van der Waals surface area contributed by atoms with E-state index in [0.717, 1.165) is 22.2 Å². The first-order valence-electron chi connectivity index (χ1n) is 7.27. The molecule has 1 aromatic carbocycles. The fraction of sp³-hybridized carbons (Fsp3) is 0.375. The van der Waals surface area contributed by atoms with Crippen molar-refractivity contribution in [1.82, 2.24) is 9.55 Å². The van der Waals surface area contributed by atoms with Gasteiger partial charge in [-0.05, 0) is 45.8 Å². The number of esters is 1. The third kappa shape index (κ3) is 5.36. The molecule has 1 aromatic heterocycles. The van der Waals surface area contributed by atoms with Gasteiger partial charge in [0.25, 0.3) is 0 Å². The molecule has 0 N–H and O–H groups in total. The first-order valence-corrected chi connectivity index (χ1v) is 11.3. The van der Waals surface area contributed by atoms with Crippen molar-refractivity contribution in [1.29, 1.82) is 0 Å². The average Bonchev–Trinajstić information content (AvgIpc) is 2.95. The van der Waals surface area contributed by atoms with Crippen LogP contribution in [0.15, 0.2) is 24.8 Å². The quantitative estimate of drug-likeness (QED) is 0.376. The first-order chi connectivity index (χ1) is 10.7. The van der Waals surface area contributed by atoms with E-state index in [4.69, 9.17) is 0 Å². The van der Waals surface area contributed by atoms with Crippen molar-refractivity contribution >= 4 is 51.4 Å². The molecule has 1 unspecified atom stereocenters. The van der Waals surface area contributed by atoms with Crippen molar-refractivity contribution < 1.29 is 9.53 Å². The summed E-state index contributed by atoms with van der Waals surface area (Å²) in [4.78, 5) is 11.3. The second-order valence-corrected chi connectivity index (χ2v) is 5.73. The van der Waals surface area contributed by atoms with E-state index in [0.29, 0.717) is 6.37 Å². The molecule has 2 rings (SSSR count). The van der Waals surface area contributed by atoms with Gasteiger partial charge in [0.05, 0.1) is 31.1 Å². The summed E-state index contributed by atoms with van der Waals surface area (Å²) in [5, 5.41) is 5.48. The second-order valence-electron chi connectivity index (χ2n) is 3.69. The lowest BCUT2D eigenvalue weighted by Gasteiger charge is -2.01. The van der Waals surface area contributed by atoms with Crippen LogP contribution in [0.2, 0.25) is 0 Å². The second kappa shape index (κ2) is 11.6. The maximum Gasteiger partial charge on any atom is 0.309 e. The molecule has 0 amide bonds. The number of ether oxygens (including phenoxy) is 1. The van der Waals surface area contributed by atoms with Gasteiger partial charge in [-0.3, -0.25) is 4.79 Å². The van der Waals surface area contributed by atoms with Gasteiger partial charge in [0.1, 0.15) is 0 Å². The molecule has 4 nitrogen and oxygen atoms in total. The van der Waals surface area contributed by atoms with E-state index in [2.05, 4.69) is 38.5 Å². The fourth-order valence-electron chi connectivity index (χ4n) is 1.75. The Bertz CT molecular complexity index is 611. The zero-order valence-corrected chi connectivity index (χ0v) is 17.0. The minimum Gasteiger partial charge on any atom is -0.469 e. The molecule has 0 radical (unpaired) electrons. The van der Waals surface area contributed by atoms with Gasteiger partial charge in [-0.1, -0.05) is 40.3 Å². The molecule has 22 heavy (non-hydrogen) atoms. The molecule has 0 fully saturated rings. The topological polar surface area (TPSA) is 44.1 Å².